The predicted molar refractivity (Wildman–Crippen MR) is 42.8 cm³/mol. The smallest absolute Gasteiger partial charge is 0.331 e. The molecule has 0 spiro atoms. The van der Waals surface area contributed by atoms with Crippen molar-refractivity contribution in [1.82, 2.24) is 0 Å². The van der Waals surface area contributed by atoms with Crippen molar-refractivity contribution in [2.75, 3.05) is 0 Å². The van der Waals surface area contributed by atoms with Crippen molar-refractivity contribution in [3.8, 4) is 0 Å². The molecule has 0 aromatic rings. The van der Waals surface area contributed by atoms with Gasteiger partial charge in [0.1, 0.15) is 0 Å². The Kier molecular flexibility index (Phi) is 5.46. The van der Waals surface area contributed by atoms with Crippen LogP contribution < -0.4 is 0 Å². The Morgan fingerprint density at radius 2 is 0.792 bits per heavy atom. The molecule has 0 rings (SSSR count). The minimum Gasteiger partial charge on any atom is -0.331 e. The average Bonchev–Trinajstić information content (AvgIpc) is 2.35. The summed E-state index contributed by atoms with van der Waals surface area (Å²) in [7, 11) is 0. The minimum absolute atomic E-state index is 5.16. The molecule has 0 aromatic heterocycles. The zero-order valence-electron chi connectivity index (χ0n) is 10.3. The van der Waals surface area contributed by atoms with Crippen LogP contribution in [0.15, 0.2) is 0 Å². The van der Waals surface area contributed by atoms with Crippen molar-refractivity contribution in [2.24, 2.45) is 0 Å². The van der Waals surface area contributed by atoms with Crippen LogP contribution in [0.3, 0.4) is 0 Å². The second-order valence-electron chi connectivity index (χ2n) is 4.20. The number of rotatable bonds is 7. The van der Waals surface area contributed by atoms with Gasteiger partial charge in [0.25, 0.3) is 6.43 Å². The van der Waals surface area contributed by atoms with Crippen molar-refractivity contribution in [1.29, 1.82) is 0 Å². The molecule has 24 heavy (non-hydrogen) atoms. The molecule has 0 saturated heterocycles. The normalized spacial score (nSPS) is 17.4. The van der Waals surface area contributed by atoms with Crippen LogP contribution in [0.25, 0.3) is 0 Å². The molecule has 1 atom stereocenters. The molecule has 146 valence electrons. The third-order valence-electron chi connectivity index (χ3n) is 2.55. The summed E-state index contributed by atoms with van der Waals surface area (Å²) in [5, 5.41) is 7.39. The molecule has 0 fully saturated rings. The fraction of sp³-hybridized carbons (Fsp3) is 1.00. The van der Waals surface area contributed by atoms with Crippen LogP contribution in [0.4, 0.5) is 65.9 Å². The van der Waals surface area contributed by atoms with Crippen LogP contribution >= 0.6 is 0 Å². The third-order valence-corrected chi connectivity index (χ3v) is 2.55. The van der Waals surface area contributed by atoms with Gasteiger partial charge in [0, 0.05) is 0 Å². The molecular formula is C8H3F15O. The largest absolute Gasteiger partial charge is 0.423 e. The first-order chi connectivity index (χ1) is 10.1. The second-order valence-corrected chi connectivity index (χ2v) is 4.20. The van der Waals surface area contributed by atoms with E-state index >= 15 is 0 Å². The lowest BCUT2D eigenvalue weighted by Gasteiger charge is -2.40. The number of aliphatic hydroxyl groups is 1. The summed E-state index contributed by atoms with van der Waals surface area (Å²) in [6.45, 7) is 0. The summed E-state index contributed by atoms with van der Waals surface area (Å²) in [6.07, 6.45) is -17.8. The fourth-order valence-corrected chi connectivity index (χ4v) is 1.12. The van der Waals surface area contributed by atoms with Gasteiger partial charge in [0.05, 0.1) is 0 Å². The van der Waals surface area contributed by atoms with Crippen LogP contribution in [0.2, 0.25) is 0 Å². The van der Waals surface area contributed by atoms with Gasteiger partial charge in [-0.15, -0.1) is 0 Å². The Balaban J connectivity index is 6.31. The van der Waals surface area contributed by atoms with Gasteiger partial charge in [-0.3, -0.25) is 0 Å². The highest BCUT2D eigenvalue weighted by Crippen LogP contribution is 2.60. The lowest BCUT2D eigenvalue weighted by molar-refractivity contribution is -0.455. The van der Waals surface area contributed by atoms with Gasteiger partial charge in [-0.25, -0.2) is 13.2 Å². The van der Waals surface area contributed by atoms with Crippen molar-refractivity contribution >= 4 is 0 Å². The van der Waals surface area contributed by atoms with E-state index in [1.54, 1.807) is 0 Å². The van der Waals surface area contributed by atoms with E-state index in [1.165, 1.54) is 0 Å². The molecule has 0 saturated carbocycles. The molecule has 0 amide bonds. The van der Waals surface area contributed by atoms with Gasteiger partial charge in [-0.1, -0.05) is 0 Å². The topological polar surface area (TPSA) is 20.2 Å². The maximum atomic E-state index is 12.8. The maximum Gasteiger partial charge on any atom is 0.423 e. The fourth-order valence-electron chi connectivity index (χ4n) is 1.12. The van der Waals surface area contributed by atoms with Gasteiger partial charge >= 0.3 is 35.7 Å². The SMILES string of the molecule is OC(F)(F)C(F)(F)C(F)(F)C(F)(F)C(F)(F)C(F)(F)C(F)C(F)F. The maximum absolute atomic E-state index is 12.8. The lowest BCUT2D eigenvalue weighted by Crippen LogP contribution is -2.72. The summed E-state index contributed by atoms with van der Waals surface area (Å²) in [4.78, 5) is 0. The Hall–Kier alpha value is -1.09. The molecule has 0 bridgehead atoms. The highest BCUT2D eigenvalue weighted by molar-refractivity contribution is 5.11. The molecule has 0 aliphatic heterocycles. The average molecular weight is 400 g/mol. The quantitative estimate of drug-likeness (QED) is 0.631. The Morgan fingerprint density at radius 3 is 1.04 bits per heavy atom. The Bertz CT molecular complexity index is 449. The third kappa shape index (κ3) is 2.85. The predicted octanol–water partition coefficient (Wildman–Crippen LogP) is 4.35. The van der Waals surface area contributed by atoms with Crippen molar-refractivity contribution in [2.45, 2.75) is 48.3 Å². The molecule has 16 heteroatoms. The highest BCUT2D eigenvalue weighted by Gasteiger charge is 2.91. The highest BCUT2D eigenvalue weighted by atomic mass is 19.4. The summed E-state index contributed by atoms with van der Waals surface area (Å²) in [5.41, 5.74) is 0. The number of hydrogen-bond acceptors (Lipinski definition) is 1. The van der Waals surface area contributed by atoms with Crippen LogP contribution in [0, 0.1) is 0 Å². The van der Waals surface area contributed by atoms with Crippen LogP contribution in [0.1, 0.15) is 0 Å². The van der Waals surface area contributed by atoms with E-state index in [9.17, 15) is 65.9 Å². The van der Waals surface area contributed by atoms with Gasteiger partial charge in [-0.2, -0.15) is 52.7 Å². The Morgan fingerprint density at radius 1 is 0.500 bits per heavy atom. The molecular weight excluding hydrogens is 397 g/mol. The molecule has 0 heterocycles. The van der Waals surface area contributed by atoms with Gasteiger partial charge in [0.15, 0.2) is 0 Å². The second kappa shape index (κ2) is 5.72. The van der Waals surface area contributed by atoms with Crippen LogP contribution in [0.5, 0.6) is 0 Å². The van der Waals surface area contributed by atoms with E-state index in [2.05, 4.69) is 0 Å². The molecule has 0 aliphatic rings. The van der Waals surface area contributed by atoms with E-state index in [0.717, 1.165) is 0 Å². The standard InChI is InChI=1S/C8H3F15O/c9-1(2(10)11)3(12,13)4(14,15)5(16,17)6(18,19)7(20,21)8(22,23)24/h1-2,24H. The van der Waals surface area contributed by atoms with E-state index in [1.807, 2.05) is 0 Å². The first kappa shape index (κ1) is 22.9. The van der Waals surface area contributed by atoms with Crippen molar-refractivity contribution in [3.63, 3.8) is 0 Å². The monoisotopic (exact) mass is 400 g/mol. The lowest BCUT2D eigenvalue weighted by atomic mass is 9.92. The van der Waals surface area contributed by atoms with Crippen LogP contribution in [-0.4, -0.2) is 53.4 Å². The number of alkyl halides is 15. The zero-order chi connectivity index (χ0) is 20.2. The first-order valence-electron chi connectivity index (χ1n) is 5.02. The molecule has 1 unspecified atom stereocenters. The molecule has 1 N–H and O–H groups in total. The summed E-state index contributed by atoms with van der Waals surface area (Å²) in [6, 6.07) is 0. The molecule has 0 radical (unpaired) electrons. The van der Waals surface area contributed by atoms with Crippen molar-refractivity contribution < 1.29 is 71.0 Å². The first-order valence-corrected chi connectivity index (χ1v) is 5.02. The van der Waals surface area contributed by atoms with E-state index < -0.39 is 48.3 Å². The zero-order valence-corrected chi connectivity index (χ0v) is 10.3. The molecule has 0 aromatic carbocycles. The van der Waals surface area contributed by atoms with Crippen LogP contribution in [-0.2, 0) is 0 Å². The number of halogens is 15. The van der Waals surface area contributed by atoms with Gasteiger partial charge in [0.2, 0.25) is 6.17 Å². The molecule has 1 nitrogen and oxygen atoms in total. The molecule has 0 aliphatic carbocycles. The summed E-state index contributed by atoms with van der Waals surface area (Å²) in [5.74, 6) is -39.5. The van der Waals surface area contributed by atoms with E-state index in [4.69, 9.17) is 5.11 Å². The van der Waals surface area contributed by atoms with E-state index in [0.29, 0.717) is 0 Å². The minimum atomic E-state index is -8.20. The van der Waals surface area contributed by atoms with Gasteiger partial charge in [-0.05, 0) is 0 Å². The van der Waals surface area contributed by atoms with Crippen molar-refractivity contribution in [3.05, 3.63) is 0 Å². The van der Waals surface area contributed by atoms with E-state index in [-0.39, 0.29) is 0 Å². The van der Waals surface area contributed by atoms with Gasteiger partial charge < -0.3 is 5.11 Å². The summed E-state index contributed by atoms with van der Waals surface area (Å²) < 4.78 is 186. The Labute approximate surface area is 121 Å². The number of hydrogen-bond donors (Lipinski definition) is 1. The summed E-state index contributed by atoms with van der Waals surface area (Å²) >= 11 is 0.